The third-order valence-corrected chi connectivity index (χ3v) is 6.50. The summed E-state index contributed by atoms with van der Waals surface area (Å²) in [6.45, 7) is 1.74. The van der Waals surface area contributed by atoms with Gasteiger partial charge in [0.2, 0.25) is 5.91 Å². The molecule has 0 fully saturated rings. The van der Waals surface area contributed by atoms with Crippen molar-refractivity contribution >= 4 is 40.0 Å². The highest BCUT2D eigenvalue weighted by molar-refractivity contribution is 7.17. The Morgan fingerprint density at radius 1 is 1.21 bits per heavy atom. The number of nitrogens with zero attached hydrogens (tertiary/aromatic N) is 1. The number of methoxy groups -OCH3 is 1. The number of fused-ring (bicyclic) bond motifs is 2. The molecule has 1 aliphatic heterocycles. The first-order valence-electron chi connectivity index (χ1n) is 9.38. The summed E-state index contributed by atoms with van der Waals surface area (Å²) >= 11 is 1.36. The van der Waals surface area contributed by atoms with Gasteiger partial charge in [0, 0.05) is 4.88 Å². The predicted octanol–water partition coefficient (Wildman–Crippen LogP) is 2.89. The normalized spacial score (nSPS) is 17.7. The minimum atomic E-state index is -0.531. The lowest BCUT2D eigenvalue weighted by Gasteiger charge is -2.18. The van der Waals surface area contributed by atoms with Crippen molar-refractivity contribution in [3.8, 4) is 0 Å². The van der Waals surface area contributed by atoms with Gasteiger partial charge in [0.25, 0.3) is 11.8 Å². The lowest BCUT2D eigenvalue weighted by molar-refractivity contribution is -0.116. The maximum absolute atomic E-state index is 12.6. The van der Waals surface area contributed by atoms with Gasteiger partial charge < -0.3 is 10.1 Å². The second kappa shape index (κ2) is 7.44. The zero-order chi connectivity index (χ0) is 20.7. The van der Waals surface area contributed by atoms with E-state index in [0.717, 1.165) is 34.6 Å². The fraction of sp³-hybridized carbons (Fsp3) is 0.333. The number of carbonyl (C=O) groups excluding carboxylic acids is 4. The Bertz CT molecular complexity index is 1010. The molecule has 1 aromatic heterocycles. The summed E-state index contributed by atoms with van der Waals surface area (Å²) in [6, 6.07) is 6.48. The van der Waals surface area contributed by atoms with E-state index in [9.17, 15) is 19.2 Å². The number of esters is 1. The molecule has 2 heterocycles. The van der Waals surface area contributed by atoms with Crippen LogP contribution in [-0.4, -0.2) is 42.2 Å². The minimum absolute atomic E-state index is 0.293. The zero-order valence-electron chi connectivity index (χ0n) is 16.1. The van der Waals surface area contributed by atoms with E-state index in [4.69, 9.17) is 4.74 Å². The van der Waals surface area contributed by atoms with Gasteiger partial charge in [0.1, 0.15) is 11.5 Å². The average Bonchev–Trinajstić information content (AvgIpc) is 3.17. The quantitative estimate of drug-likeness (QED) is 0.616. The summed E-state index contributed by atoms with van der Waals surface area (Å²) in [5, 5.41) is 3.14. The number of hydrogen-bond donors (Lipinski definition) is 1. The van der Waals surface area contributed by atoms with Crippen molar-refractivity contribution in [3.63, 3.8) is 0 Å². The zero-order valence-corrected chi connectivity index (χ0v) is 16.9. The van der Waals surface area contributed by atoms with Crippen molar-refractivity contribution in [1.82, 2.24) is 4.90 Å². The molecule has 0 radical (unpaired) electrons. The molecule has 150 valence electrons. The molecule has 1 atom stereocenters. The van der Waals surface area contributed by atoms with E-state index >= 15 is 0 Å². The van der Waals surface area contributed by atoms with Gasteiger partial charge in [-0.05, 0) is 42.9 Å². The number of thiophene rings is 1. The van der Waals surface area contributed by atoms with Crippen LogP contribution in [0.4, 0.5) is 5.00 Å². The molecule has 1 N–H and O–H groups in total. The summed E-state index contributed by atoms with van der Waals surface area (Å²) in [6.07, 6.45) is 2.57. The standard InChI is InChI=1S/C21H20N2O5S/c1-11-7-8-14-15(9-11)29-18(17(14)21(27)28-2)22-16(24)10-23-19(25)12-5-3-4-6-13(12)20(23)26/h3-6,11H,7-10H2,1-2H3,(H,22,24)/t11-/m0/s1. The van der Waals surface area contributed by atoms with Crippen LogP contribution in [0.1, 0.15) is 54.9 Å². The predicted molar refractivity (Wildman–Crippen MR) is 107 cm³/mol. The van der Waals surface area contributed by atoms with Crippen LogP contribution in [0.15, 0.2) is 24.3 Å². The monoisotopic (exact) mass is 412 g/mol. The number of hydrogen-bond acceptors (Lipinski definition) is 6. The Labute approximate surface area is 171 Å². The molecule has 0 spiro atoms. The van der Waals surface area contributed by atoms with E-state index < -0.39 is 30.2 Å². The van der Waals surface area contributed by atoms with Crippen LogP contribution < -0.4 is 5.32 Å². The SMILES string of the molecule is COC(=O)c1c(NC(=O)CN2C(=O)c3ccccc3C2=O)sc2c1CC[C@H](C)C2. The van der Waals surface area contributed by atoms with Crippen LogP contribution in [0.3, 0.4) is 0 Å². The molecule has 29 heavy (non-hydrogen) atoms. The molecule has 0 saturated carbocycles. The fourth-order valence-corrected chi connectivity index (χ4v) is 5.26. The van der Waals surface area contributed by atoms with Crippen LogP contribution in [0.5, 0.6) is 0 Å². The van der Waals surface area contributed by atoms with Gasteiger partial charge in [-0.1, -0.05) is 19.1 Å². The molecule has 0 unspecified atom stereocenters. The Morgan fingerprint density at radius 2 is 1.86 bits per heavy atom. The molecule has 1 aromatic carbocycles. The number of ether oxygens (including phenoxy) is 1. The van der Waals surface area contributed by atoms with E-state index in [-0.39, 0.29) is 0 Å². The van der Waals surface area contributed by atoms with E-state index in [2.05, 4.69) is 12.2 Å². The van der Waals surface area contributed by atoms with Crippen LogP contribution >= 0.6 is 11.3 Å². The highest BCUT2D eigenvalue weighted by Gasteiger charge is 2.37. The molecule has 0 saturated heterocycles. The van der Waals surface area contributed by atoms with Crippen molar-refractivity contribution in [1.29, 1.82) is 0 Å². The number of anilines is 1. The Kier molecular flexibility index (Phi) is 4.96. The first kappa shape index (κ1) is 19.3. The van der Waals surface area contributed by atoms with Crippen molar-refractivity contribution in [2.45, 2.75) is 26.2 Å². The smallest absolute Gasteiger partial charge is 0.341 e. The van der Waals surface area contributed by atoms with Crippen molar-refractivity contribution < 1.29 is 23.9 Å². The van der Waals surface area contributed by atoms with Crippen LogP contribution in [0.2, 0.25) is 0 Å². The minimum Gasteiger partial charge on any atom is -0.465 e. The average molecular weight is 412 g/mol. The fourth-order valence-electron chi connectivity index (χ4n) is 3.85. The lowest BCUT2D eigenvalue weighted by atomic mass is 9.88. The van der Waals surface area contributed by atoms with E-state index in [1.165, 1.54) is 18.4 Å². The number of imide groups is 1. The summed E-state index contributed by atoms with van der Waals surface area (Å²) in [4.78, 5) is 51.9. The van der Waals surface area contributed by atoms with E-state index in [1.54, 1.807) is 24.3 Å². The van der Waals surface area contributed by atoms with Gasteiger partial charge in [0.05, 0.1) is 23.8 Å². The highest BCUT2D eigenvalue weighted by Crippen LogP contribution is 2.40. The first-order valence-corrected chi connectivity index (χ1v) is 10.2. The maximum Gasteiger partial charge on any atom is 0.341 e. The molecule has 0 bridgehead atoms. The van der Waals surface area contributed by atoms with Gasteiger partial charge in [-0.3, -0.25) is 19.3 Å². The molecule has 7 nitrogen and oxygen atoms in total. The molecule has 8 heteroatoms. The molecule has 2 aromatic rings. The molecule has 2 aliphatic rings. The Balaban J connectivity index is 1.56. The number of benzene rings is 1. The first-order chi connectivity index (χ1) is 13.9. The summed E-state index contributed by atoms with van der Waals surface area (Å²) in [7, 11) is 1.31. The third kappa shape index (κ3) is 3.33. The van der Waals surface area contributed by atoms with Crippen molar-refractivity contribution in [2.75, 3.05) is 19.0 Å². The Morgan fingerprint density at radius 3 is 2.48 bits per heavy atom. The summed E-state index contributed by atoms with van der Waals surface area (Å²) < 4.78 is 4.92. The van der Waals surface area contributed by atoms with Crippen LogP contribution in [0.25, 0.3) is 0 Å². The highest BCUT2D eigenvalue weighted by atomic mass is 32.1. The van der Waals surface area contributed by atoms with Gasteiger partial charge >= 0.3 is 5.97 Å². The summed E-state index contributed by atoms with van der Waals surface area (Å²) in [5.41, 5.74) is 1.90. The number of rotatable bonds is 4. The second-order valence-corrected chi connectivity index (χ2v) is 8.44. The van der Waals surface area contributed by atoms with Gasteiger partial charge in [-0.2, -0.15) is 0 Å². The van der Waals surface area contributed by atoms with Crippen LogP contribution in [0, 0.1) is 5.92 Å². The number of nitrogens with one attached hydrogen (secondary N) is 1. The van der Waals surface area contributed by atoms with Crippen molar-refractivity contribution in [2.24, 2.45) is 5.92 Å². The number of amides is 3. The Hall–Kier alpha value is -3.00. The third-order valence-electron chi connectivity index (χ3n) is 5.33. The molecule has 1 aliphatic carbocycles. The molecule has 4 rings (SSSR count). The maximum atomic E-state index is 12.6. The molecular weight excluding hydrogens is 392 g/mol. The lowest BCUT2D eigenvalue weighted by Crippen LogP contribution is -2.37. The van der Waals surface area contributed by atoms with Gasteiger partial charge in [-0.15, -0.1) is 11.3 Å². The second-order valence-electron chi connectivity index (χ2n) is 7.34. The van der Waals surface area contributed by atoms with E-state index in [0.29, 0.717) is 27.6 Å². The molecular formula is C21H20N2O5S. The summed E-state index contributed by atoms with van der Waals surface area (Å²) in [5.74, 6) is -1.50. The topological polar surface area (TPSA) is 92.8 Å². The molecule has 3 amide bonds. The van der Waals surface area contributed by atoms with Crippen LogP contribution in [-0.2, 0) is 22.4 Å². The largest absolute Gasteiger partial charge is 0.465 e. The number of carbonyl (C=O) groups is 4. The van der Waals surface area contributed by atoms with E-state index in [1.807, 2.05) is 0 Å². The van der Waals surface area contributed by atoms with Gasteiger partial charge in [0.15, 0.2) is 0 Å². The van der Waals surface area contributed by atoms with Crippen molar-refractivity contribution in [3.05, 3.63) is 51.4 Å². The van der Waals surface area contributed by atoms with Gasteiger partial charge in [-0.25, -0.2) is 4.79 Å².